The fourth-order valence-corrected chi connectivity index (χ4v) is 1.22. The van der Waals surface area contributed by atoms with E-state index in [1.165, 1.54) is 0 Å². The van der Waals surface area contributed by atoms with Crippen LogP contribution in [0.2, 0.25) is 0 Å². The number of hydrogen-bond donors (Lipinski definition) is 2. The van der Waals surface area contributed by atoms with Crippen molar-refractivity contribution in [1.29, 1.82) is 0 Å². The van der Waals surface area contributed by atoms with Crippen molar-refractivity contribution in [3.8, 4) is 0 Å². The van der Waals surface area contributed by atoms with Crippen molar-refractivity contribution in [1.82, 2.24) is 5.32 Å². The van der Waals surface area contributed by atoms with Gasteiger partial charge in [-0.2, -0.15) is 0 Å². The molecule has 0 aliphatic heterocycles. The van der Waals surface area contributed by atoms with Gasteiger partial charge in [0.2, 0.25) is 0 Å². The number of halogens is 1. The lowest BCUT2D eigenvalue weighted by molar-refractivity contribution is 0.0454. The van der Waals surface area contributed by atoms with Crippen molar-refractivity contribution < 1.29 is 19.0 Å². The van der Waals surface area contributed by atoms with Crippen LogP contribution in [0, 0.1) is 11.3 Å². The molecule has 0 aliphatic carbocycles. The van der Waals surface area contributed by atoms with Crippen LogP contribution in [-0.4, -0.2) is 36.6 Å². The zero-order valence-electron chi connectivity index (χ0n) is 11.3. The lowest BCUT2D eigenvalue weighted by atomic mass is 9.80. The first-order valence-electron chi connectivity index (χ1n) is 5.76. The van der Waals surface area contributed by atoms with E-state index in [1.54, 1.807) is 34.6 Å². The maximum Gasteiger partial charge on any atom is 0.407 e. The Hall–Kier alpha value is -0.840. The second kappa shape index (κ2) is 6.19. The quantitative estimate of drug-likeness (QED) is 0.784. The average molecular weight is 249 g/mol. The number of alkyl halides is 1. The molecule has 0 heterocycles. The molecule has 5 heteroatoms. The van der Waals surface area contributed by atoms with Crippen molar-refractivity contribution in [3.05, 3.63) is 0 Å². The molecule has 102 valence electrons. The van der Waals surface area contributed by atoms with Crippen LogP contribution in [0.4, 0.5) is 9.18 Å². The highest BCUT2D eigenvalue weighted by Gasteiger charge is 2.29. The van der Waals surface area contributed by atoms with Gasteiger partial charge in [-0.05, 0) is 26.2 Å². The first-order valence-corrected chi connectivity index (χ1v) is 5.76. The Morgan fingerprint density at radius 3 is 2.24 bits per heavy atom. The molecule has 0 rings (SSSR count). The number of aliphatic hydroxyl groups is 1. The lowest BCUT2D eigenvalue weighted by Gasteiger charge is -2.30. The summed E-state index contributed by atoms with van der Waals surface area (Å²) in [5.74, 6) is -0.333. The smallest absolute Gasteiger partial charge is 0.407 e. The summed E-state index contributed by atoms with van der Waals surface area (Å²) < 4.78 is 17.8. The van der Waals surface area contributed by atoms with E-state index in [9.17, 15) is 14.3 Å². The molecule has 17 heavy (non-hydrogen) atoms. The van der Waals surface area contributed by atoms with Crippen LogP contribution in [-0.2, 0) is 4.74 Å². The summed E-state index contributed by atoms with van der Waals surface area (Å²) in [7, 11) is 0. The molecular weight excluding hydrogens is 225 g/mol. The van der Waals surface area contributed by atoms with E-state index in [0.29, 0.717) is 0 Å². The predicted octanol–water partition coefficient (Wildman–Crippen LogP) is 2.12. The summed E-state index contributed by atoms with van der Waals surface area (Å²) >= 11 is 0. The molecule has 0 bridgehead atoms. The molecule has 0 radical (unpaired) electrons. The summed E-state index contributed by atoms with van der Waals surface area (Å²) in [4.78, 5) is 11.4. The molecule has 4 nitrogen and oxygen atoms in total. The van der Waals surface area contributed by atoms with E-state index < -0.39 is 23.8 Å². The summed E-state index contributed by atoms with van der Waals surface area (Å²) in [6.45, 7) is 8.20. The van der Waals surface area contributed by atoms with Crippen molar-refractivity contribution in [2.75, 3.05) is 19.8 Å². The Balaban J connectivity index is 4.21. The van der Waals surface area contributed by atoms with Crippen LogP contribution in [0.25, 0.3) is 0 Å². The van der Waals surface area contributed by atoms with E-state index >= 15 is 0 Å². The van der Waals surface area contributed by atoms with E-state index in [2.05, 4.69) is 5.32 Å². The van der Waals surface area contributed by atoms with Crippen LogP contribution < -0.4 is 5.32 Å². The number of amides is 1. The van der Waals surface area contributed by atoms with Crippen molar-refractivity contribution in [3.63, 3.8) is 0 Å². The Morgan fingerprint density at radius 2 is 1.88 bits per heavy atom. The predicted molar refractivity (Wildman–Crippen MR) is 64.6 cm³/mol. The normalized spacial score (nSPS) is 14.3. The molecule has 1 unspecified atom stereocenters. The van der Waals surface area contributed by atoms with Gasteiger partial charge in [-0.25, -0.2) is 4.79 Å². The highest BCUT2D eigenvalue weighted by atomic mass is 19.1. The highest BCUT2D eigenvalue weighted by Crippen LogP contribution is 2.26. The van der Waals surface area contributed by atoms with Gasteiger partial charge >= 0.3 is 6.09 Å². The zero-order chi connectivity index (χ0) is 13.7. The average Bonchev–Trinajstić information content (AvgIpc) is 2.15. The van der Waals surface area contributed by atoms with Gasteiger partial charge in [0.05, 0.1) is 6.67 Å². The second-order valence-corrected chi connectivity index (χ2v) is 5.88. The van der Waals surface area contributed by atoms with Crippen LogP contribution in [0.5, 0.6) is 0 Å². The molecule has 0 saturated heterocycles. The fraction of sp³-hybridized carbons (Fsp3) is 0.917. The van der Waals surface area contributed by atoms with Crippen molar-refractivity contribution in [2.24, 2.45) is 11.3 Å². The molecule has 1 amide bonds. The van der Waals surface area contributed by atoms with Crippen molar-refractivity contribution in [2.45, 2.75) is 40.2 Å². The summed E-state index contributed by atoms with van der Waals surface area (Å²) in [6, 6.07) is 0. The number of carbonyl (C=O) groups excluding carboxylic acids is 1. The van der Waals surface area contributed by atoms with Crippen LogP contribution in [0.15, 0.2) is 0 Å². The van der Waals surface area contributed by atoms with Gasteiger partial charge in [-0.15, -0.1) is 0 Å². The molecule has 0 aromatic rings. The van der Waals surface area contributed by atoms with Gasteiger partial charge in [0, 0.05) is 19.1 Å². The number of carbonyl (C=O) groups is 1. The Kier molecular flexibility index (Phi) is 5.88. The summed E-state index contributed by atoms with van der Waals surface area (Å²) in [5, 5.41) is 11.7. The fourth-order valence-electron chi connectivity index (χ4n) is 1.22. The van der Waals surface area contributed by atoms with Gasteiger partial charge in [-0.1, -0.05) is 13.8 Å². The maximum absolute atomic E-state index is 12.7. The third kappa shape index (κ3) is 6.46. The number of alkyl carbamates (subject to hydrolysis) is 1. The number of rotatable bonds is 5. The minimum Gasteiger partial charge on any atom is -0.444 e. The third-order valence-electron chi connectivity index (χ3n) is 2.56. The monoisotopic (exact) mass is 249 g/mol. The Labute approximate surface area is 103 Å². The molecular formula is C12H24FNO3. The zero-order valence-corrected chi connectivity index (χ0v) is 11.3. The lowest BCUT2D eigenvalue weighted by Crippen LogP contribution is -2.41. The second-order valence-electron chi connectivity index (χ2n) is 5.88. The highest BCUT2D eigenvalue weighted by molar-refractivity contribution is 5.67. The van der Waals surface area contributed by atoms with Crippen LogP contribution in [0.3, 0.4) is 0 Å². The molecule has 1 atom stereocenters. The van der Waals surface area contributed by atoms with Gasteiger partial charge in [0.1, 0.15) is 5.60 Å². The maximum atomic E-state index is 12.7. The Morgan fingerprint density at radius 1 is 1.35 bits per heavy atom. The number of nitrogens with one attached hydrogen (secondary N) is 1. The van der Waals surface area contributed by atoms with Crippen LogP contribution >= 0.6 is 0 Å². The first kappa shape index (κ1) is 16.2. The standard InChI is InChI=1S/C12H24FNO3/c1-11(2,3)17-10(16)14-6-9(7-15)12(4,5)8-13/h9,15H,6-8H2,1-5H3,(H,14,16). The minimum atomic E-state index is -0.663. The van der Waals surface area contributed by atoms with Gasteiger partial charge in [0.15, 0.2) is 0 Å². The molecule has 0 saturated carbocycles. The van der Waals surface area contributed by atoms with E-state index in [4.69, 9.17) is 4.74 Å². The van der Waals surface area contributed by atoms with Crippen molar-refractivity contribution >= 4 is 6.09 Å². The molecule has 0 fully saturated rings. The molecule has 0 aliphatic rings. The SMILES string of the molecule is CC(C)(C)OC(=O)NCC(CO)C(C)(C)CF. The number of ether oxygens (including phenoxy) is 1. The first-order chi connectivity index (χ1) is 7.62. The van der Waals surface area contributed by atoms with Crippen LogP contribution in [0.1, 0.15) is 34.6 Å². The third-order valence-corrected chi connectivity index (χ3v) is 2.56. The molecule has 0 aromatic carbocycles. The van der Waals surface area contributed by atoms with Gasteiger partial charge < -0.3 is 15.2 Å². The van der Waals surface area contributed by atoms with E-state index in [1.807, 2.05) is 0 Å². The molecule has 0 spiro atoms. The van der Waals surface area contributed by atoms with E-state index in [-0.39, 0.29) is 19.1 Å². The largest absolute Gasteiger partial charge is 0.444 e. The minimum absolute atomic E-state index is 0.174. The number of hydrogen-bond acceptors (Lipinski definition) is 3. The molecule has 0 aromatic heterocycles. The molecule has 2 N–H and O–H groups in total. The number of aliphatic hydroxyl groups excluding tert-OH is 1. The van der Waals surface area contributed by atoms with Gasteiger partial charge in [0.25, 0.3) is 0 Å². The van der Waals surface area contributed by atoms with Gasteiger partial charge in [-0.3, -0.25) is 4.39 Å². The summed E-state index contributed by atoms with van der Waals surface area (Å²) in [5.41, 5.74) is -1.22. The van der Waals surface area contributed by atoms with E-state index in [0.717, 1.165) is 0 Å². The summed E-state index contributed by atoms with van der Waals surface area (Å²) in [6.07, 6.45) is -0.550. The Bertz CT molecular complexity index is 249. The topological polar surface area (TPSA) is 58.6 Å².